The Morgan fingerprint density at radius 2 is 1.86 bits per heavy atom. The highest BCUT2D eigenvalue weighted by atomic mass is 19.4. The third-order valence-electron chi connectivity index (χ3n) is 4.29. The maximum Gasteiger partial charge on any atom is 0.416 e. The molecule has 1 fully saturated rings. The van der Waals surface area contributed by atoms with E-state index in [2.05, 4.69) is 16.6 Å². The first kappa shape index (κ1) is 17.3. The molecule has 1 saturated heterocycles. The van der Waals surface area contributed by atoms with Crippen molar-refractivity contribution in [3.8, 4) is 0 Å². The van der Waals surface area contributed by atoms with E-state index in [9.17, 15) is 13.2 Å². The average Bonchev–Trinajstić information content (AvgIpc) is 2.46. The summed E-state index contributed by atoms with van der Waals surface area (Å²) in [7, 11) is 2.30. The normalized spacial score (nSPS) is 22.5. The summed E-state index contributed by atoms with van der Waals surface area (Å²) in [5.74, 6) is 0. The SMILES string of the molecule is COBN1CCN(C(C)c2ccc(C(F)(F)F)cc2)[C@@H](C)C1. The molecule has 1 unspecified atom stereocenters. The fourth-order valence-electron chi connectivity index (χ4n) is 3.06. The molecule has 2 rings (SSSR count). The van der Waals surface area contributed by atoms with Crippen LogP contribution in [0, 0.1) is 0 Å². The standard InChI is InChI=1S/C15H22BF3N2O/c1-11-10-20(16-22-3)8-9-21(11)12(2)13-4-6-14(7-5-13)15(17,18)19/h4-7,11-12,16H,8-10H2,1-3H3/t11-,12?/m0/s1. The minimum atomic E-state index is -4.28. The van der Waals surface area contributed by atoms with Crippen molar-refractivity contribution in [2.24, 2.45) is 0 Å². The lowest BCUT2D eigenvalue weighted by molar-refractivity contribution is -0.137. The molecule has 0 N–H and O–H groups in total. The van der Waals surface area contributed by atoms with Crippen LogP contribution >= 0.6 is 0 Å². The van der Waals surface area contributed by atoms with Crippen LogP contribution in [0.4, 0.5) is 13.2 Å². The van der Waals surface area contributed by atoms with Crippen LogP contribution in [0.15, 0.2) is 24.3 Å². The number of halogens is 3. The molecular weight excluding hydrogens is 292 g/mol. The molecule has 1 heterocycles. The Morgan fingerprint density at radius 1 is 1.23 bits per heavy atom. The summed E-state index contributed by atoms with van der Waals surface area (Å²) in [6.07, 6.45) is -4.28. The van der Waals surface area contributed by atoms with Crippen molar-refractivity contribution in [3.63, 3.8) is 0 Å². The Kier molecular flexibility index (Phi) is 5.52. The predicted octanol–water partition coefficient (Wildman–Crippen LogP) is 2.69. The molecule has 3 nitrogen and oxygen atoms in total. The fourth-order valence-corrected chi connectivity index (χ4v) is 3.06. The Hall–Kier alpha value is -1.05. The predicted molar refractivity (Wildman–Crippen MR) is 81.8 cm³/mol. The number of nitrogens with zero attached hydrogens (tertiary/aromatic N) is 2. The lowest BCUT2D eigenvalue weighted by atomic mass is 10.00. The second kappa shape index (κ2) is 7.02. The van der Waals surface area contributed by atoms with Gasteiger partial charge in [-0.2, -0.15) is 13.2 Å². The van der Waals surface area contributed by atoms with E-state index in [1.165, 1.54) is 0 Å². The minimum absolute atomic E-state index is 0.0991. The van der Waals surface area contributed by atoms with Gasteiger partial charge < -0.3 is 9.47 Å². The first-order valence-corrected chi connectivity index (χ1v) is 7.47. The van der Waals surface area contributed by atoms with Crippen molar-refractivity contribution in [3.05, 3.63) is 35.4 Å². The van der Waals surface area contributed by atoms with Crippen LogP contribution in [-0.4, -0.2) is 50.1 Å². The average molecular weight is 314 g/mol. The number of alkyl halides is 3. The van der Waals surface area contributed by atoms with Gasteiger partial charge in [0.2, 0.25) is 0 Å². The Balaban J connectivity index is 2.04. The van der Waals surface area contributed by atoms with E-state index < -0.39 is 11.7 Å². The molecule has 22 heavy (non-hydrogen) atoms. The first-order chi connectivity index (χ1) is 10.3. The number of piperazine rings is 1. The third-order valence-corrected chi connectivity index (χ3v) is 4.29. The van der Waals surface area contributed by atoms with Gasteiger partial charge in [-0.3, -0.25) is 4.90 Å². The van der Waals surface area contributed by atoms with Crippen LogP contribution in [0.3, 0.4) is 0 Å². The van der Waals surface area contributed by atoms with Gasteiger partial charge in [-0.15, -0.1) is 0 Å². The van der Waals surface area contributed by atoms with Crippen LogP contribution < -0.4 is 0 Å². The van der Waals surface area contributed by atoms with Gasteiger partial charge in [-0.1, -0.05) is 12.1 Å². The highest BCUT2D eigenvalue weighted by molar-refractivity contribution is 6.23. The van der Waals surface area contributed by atoms with Crippen molar-refractivity contribution in [1.29, 1.82) is 0 Å². The summed E-state index contributed by atoms with van der Waals surface area (Å²) in [4.78, 5) is 4.56. The largest absolute Gasteiger partial charge is 0.427 e. The zero-order valence-corrected chi connectivity index (χ0v) is 13.2. The van der Waals surface area contributed by atoms with Gasteiger partial charge in [0.05, 0.1) is 5.56 Å². The van der Waals surface area contributed by atoms with Gasteiger partial charge in [0.1, 0.15) is 0 Å². The van der Waals surface area contributed by atoms with Gasteiger partial charge in [-0.25, -0.2) is 0 Å². The molecule has 0 radical (unpaired) electrons. The Labute approximate surface area is 130 Å². The van der Waals surface area contributed by atoms with Crippen LogP contribution in [-0.2, 0) is 10.8 Å². The van der Waals surface area contributed by atoms with Gasteiger partial charge in [-0.05, 0) is 31.5 Å². The van der Waals surface area contributed by atoms with E-state index in [-0.39, 0.29) is 6.04 Å². The van der Waals surface area contributed by atoms with E-state index in [4.69, 9.17) is 4.65 Å². The van der Waals surface area contributed by atoms with Crippen molar-refractivity contribution in [2.45, 2.75) is 32.1 Å². The molecule has 1 aromatic carbocycles. The summed E-state index contributed by atoms with van der Waals surface area (Å²) < 4.78 is 43.0. The molecule has 0 aliphatic carbocycles. The first-order valence-electron chi connectivity index (χ1n) is 7.47. The second-order valence-electron chi connectivity index (χ2n) is 5.88. The number of benzene rings is 1. The molecule has 0 bridgehead atoms. The highest BCUT2D eigenvalue weighted by Gasteiger charge is 2.31. The van der Waals surface area contributed by atoms with Crippen LogP contribution in [0.1, 0.15) is 31.0 Å². The molecule has 0 amide bonds. The lowest BCUT2D eigenvalue weighted by Gasteiger charge is -2.42. The topological polar surface area (TPSA) is 15.7 Å². The van der Waals surface area contributed by atoms with Crippen LogP contribution in [0.2, 0.25) is 0 Å². The zero-order valence-electron chi connectivity index (χ0n) is 13.2. The van der Waals surface area contributed by atoms with Crippen molar-refractivity contribution in [2.75, 3.05) is 26.7 Å². The van der Waals surface area contributed by atoms with Gasteiger partial charge in [0.15, 0.2) is 0 Å². The molecule has 1 aliphatic rings. The molecule has 0 saturated carbocycles. The van der Waals surface area contributed by atoms with E-state index in [0.717, 1.165) is 37.3 Å². The Bertz CT molecular complexity index is 481. The third kappa shape index (κ3) is 4.03. The van der Waals surface area contributed by atoms with Crippen LogP contribution in [0.25, 0.3) is 0 Å². The van der Waals surface area contributed by atoms with Crippen molar-refractivity contribution < 1.29 is 17.8 Å². The molecular formula is C15H22BF3N2O. The van der Waals surface area contributed by atoms with E-state index in [1.54, 1.807) is 19.2 Å². The summed E-state index contributed by atoms with van der Waals surface area (Å²) >= 11 is 0. The molecule has 122 valence electrons. The lowest BCUT2D eigenvalue weighted by Crippen LogP contribution is -2.53. The highest BCUT2D eigenvalue weighted by Crippen LogP contribution is 2.31. The molecule has 0 aromatic heterocycles. The number of hydrogen-bond donors (Lipinski definition) is 0. The van der Waals surface area contributed by atoms with Gasteiger partial charge in [0.25, 0.3) is 0 Å². The quantitative estimate of drug-likeness (QED) is 0.795. The maximum atomic E-state index is 12.6. The van der Waals surface area contributed by atoms with Crippen LogP contribution in [0.5, 0.6) is 0 Å². The monoisotopic (exact) mass is 314 g/mol. The van der Waals surface area contributed by atoms with Gasteiger partial charge >= 0.3 is 13.8 Å². The van der Waals surface area contributed by atoms with E-state index >= 15 is 0 Å². The zero-order chi connectivity index (χ0) is 16.3. The minimum Gasteiger partial charge on any atom is -0.427 e. The second-order valence-corrected chi connectivity index (χ2v) is 5.88. The maximum absolute atomic E-state index is 12.6. The van der Waals surface area contributed by atoms with E-state index in [1.807, 2.05) is 6.92 Å². The molecule has 2 atom stereocenters. The molecule has 1 aromatic rings. The smallest absolute Gasteiger partial charge is 0.416 e. The summed E-state index contributed by atoms with van der Waals surface area (Å²) in [5, 5.41) is 0. The van der Waals surface area contributed by atoms with E-state index in [0.29, 0.717) is 13.7 Å². The van der Waals surface area contributed by atoms with Crippen molar-refractivity contribution >= 4 is 7.62 Å². The Morgan fingerprint density at radius 3 is 2.36 bits per heavy atom. The number of rotatable bonds is 4. The summed E-state index contributed by atoms with van der Waals surface area (Å²) in [6, 6.07) is 5.93. The fraction of sp³-hybridized carbons (Fsp3) is 0.600. The van der Waals surface area contributed by atoms with Crippen molar-refractivity contribution in [1.82, 2.24) is 9.71 Å². The van der Waals surface area contributed by atoms with Gasteiger partial charge in [0, 0.05) is 38.8 Å². The molecule has 1 aliphatic heterocycles. The summed E-state index contributed by atoms with van der Waals surface area (Å²) in [6.45, 7) is 6.88. The molecule has 0 spiro atoms. The number of hydrogen-bond acceptors (Lipinski definition) is 3. The summed E-state index contributed by atoms with van der Waals surface area (Å²) in [5.41, 5.74) is 0.321. The molecule has 7 heteroatoms.